The number of fused-ring (bicyclic) bond motifs is 1. The Labute approximate surface area is 167 Å². The number of hydrogen-bond acceptors (Lipinski definition) is 1. The Balaban J connectivity index is 2.10. The molecule has 0 radical (unpaired) electrons. The molecule has 6 heteroatoms. The molecule has 3 rings (SSSR count). The van der Waals surface area contributed by atoms with Gasteiger partial charge in [0, 0.05) is 22.5 Å². The zero-order chi connectivity index (χ0) is 19.0. The fourth-order valence-electron chi connectivity index (χ4n) is 3.24. The summed E-state index contributed by atoms with van der Waals surface area (Å²) in [6.45, 7) is 6.78. The molecule has 0 fully saturated rings. The van der Waals surface area contributed by atoms with E-state index in [1.54, 1.807) is 12.1 Å². The van der Waals surface area contributed by atoms with Crippen molar-refractivity contribution in [3.63, 3.8) is 0 Å². The third kappa shape index (κ3) is 3.32. The van der Waals surface area contributed by atoms with Crippen molar-refractivity contribution in [3.05, 3.63) is 62.2 Å². The van der Waals surface area contributed by atoms with E-state index in [0.29, 0.717) is 33.0 Å². The molecule has 0 aliphatic heterocycles. The van der Waals surface area contributed by atoms with Crippen molar-refractivity contribution >= 4 is 57.3 Å². The lowest BCUT2D eigenvalue weighted by atomic mass is 10.1. The van der Waals surface area contributed by atoms with E-state index in [2.05, 4.69) is 30.4 Å². The van der Waals surface area contributed by atoms with Crippen molar-refractivity contribution in [1.29, 1.82) is 0 Å². The predicted molar refractivity (Wildman–Crippen MR) is 111 cm³/mol. The molecule has 0 unspecified atom stereocenters. The van der Waals surface area contributed by atoms with Crippen LogP contribution in [0.25, 0.3) is 10.9 Å². The molecule has 0 bridgehead atoms. The van der Waals surface area contributed by atoms with Crippen LogP contribution < -0.4 is 5.32 Å². The molecule has 0 spiro atoms. The maximum absolute atomic E-state index is 13.0. The van der Waals surface area contributed by atoms with Gasteiger partial charge in [-0.05, 0) is 55.7 Å². The second-order valence-corrected chi connectivity index (χ2v) is 7.37. The number of aromatic nitrogens is 1. The summed E-state index contributed by atoms with van der Waals surface area (Å²) < 4.78 is 2.01. The molecule has 1 N–H and O–H groups in total. The van der Waals surface area contributed by atoms with Gasteiger partial charge in [-0.1, -0.05) is 47.8 Å². The van der Waals surface area contributed by atoms with Crippen molar-refractivity contribution in [3.8, 4) is 0 Å². The fraction of sp³-hybridized carbons (Fsp3) is 0.250. The average molecular weight is 410 g/mol. The second kappa shape index (κ2) is 7.51. The number of rotatable bonds is 4. The molecule has 0 aliphatic carbocycles. The summed E-state index contributed by atoms with van der Waals surface area (Å²) in [5, 5.41) is 4.97. The fourth-order valence-corrected chi connectivity index (χ4v) is 4.16. The van der Waals surface area contributed by atoms with Crippen LogP contribution in [-0.2, 0) is 13.0 Å². The highest BCUT2D eigenvalue weighted by Crippen LogP contribution is 2.35. The van der Waals surface area contributed by atoms with Crippen LogP contribution >= 0.6 is 34.8 Å². The number of nitrogens with one attached hydrogen (secondary N) is 1. The van der Waals surface area contributed by atoms with E-state index in [1.165, 1.54) is 5.56 Å². The van der Waals surface area contributed by atoms with E-state index in [4.69, 9.17) is 34.8 Å². The number of hydrogen-bond donors (Lipinski definition) is 1. The van der Waals surface area contributed by atoms with Crippen LogP contribution in [0, 0.1) is 6.92 Å². The number of nitrogens with zero attached hydrogens (tertiary/aromatic N) is 1. The van der Waals surface area contributed by atoms with Gasteiger partial charge in [0.1, 0.15) is 5.69 Å². The molecule has 2 aromatic carbocycles. The van der Waals surface area contributed by atoms with E-state index in [0.717, 1.165) is 22.9 Å². The monoisotopic (exact) mass is 408 g/mol. The Kier molecular flexibility index (Phi) is 5.52. The lowest BCUT2D eigenvalue weighted by Gasteiger charge is -2.12. The third-order valence-electron chi connectivity index (χ3n) is 4.57. The number of carbonyl (C=O) groups excluding carboxylic acids is 1. The van der Waals surface area contributed by atoms with Gasteiger partial charge in [0.05, 0.1) is 15.7 Å². The standard InChI is InChI=1S/C20H19Cl3N2O/c1-4-12-6-7-17-14(8-12)11(3)19(25(17)5-2)20(26)24-18-15(22)9-13(21)10-16(18)23/h6-10H,4-5H2,1-3H3,(H,24,26). The number of amides is 1. The number of carbonyl (C=O) groups is 1. The molecule has 0 atom stereocenters. The highest BCUT2D eigenvalue weighted by atomic mass is 35.5. The van der Waals surface area contributed by atoms with Crippen molar-refractivity contribution in [1.82, 2.24) is 4.57 Å². The van der Waals surface area contributed by atoms with Gasteiger partial charge in [0.2, 0.25) is 0 Å². The van der Waals surface area contributed by atoms with Gasteiger partial charge in [-0.25, -0.2) is 0 Å². The van der Waals surface area contributed by atoms with E-state index >= 15 is 0 Å². The van der Waals surface area contributed by atoms with Gasteiger partial charge in [-0.3, -0.25) is 4.79 Å². The lowest BCUT2D eigenvalue weighted by Crippen LogP contribution is -2.18. The topological polar surface area (TPSA) is 34.0 Å². The Morgan fingerprint density at radius 1 is 1.08 bits per heavy atom. The molecule has 3 aromatic rings. The molecule has 136 valence electrons. The van der Waals surface area contributed by atoms with Crippen molar-refractivity contribution in [2.24, 2.45) is 0 Å². The summed E-state index contributed by atoms with van der Waals surface area (Å²) in [5.74, 6) is -0.246. The summed E-state index contributed by atoms with van der Waals surface area (Å²) in [5.41, 5.74) is 4.20. The summed E-state index contributed by atoms with van der Waals surface area (Å²) in [4.78, 5) is 13.0. The summed E-state index contributed by atoms with van der Waals surface area (Å²) in [7, 11) is 0. The molecular weight excluding hydrogens is 391 g/mol. The minimum atomic E-state index is -0.246. The Morgan fingerprint density at radius 2 is 1.73 bits per heavy atom. The van der Waals surface area contributed by atoms with Crippen molar-refractivity contribution in [2.45, 2.75) is 33.7 Å². The van der Waals surface area contributed by atoms with Gasteiger partial charge < -0.3 is 9.88 Å². The number of halogens is 3. The second-order valence-electron chi connectivity index (χ2n) is 6.12. The zero-order valence-corrected chi connectivity index (χ0v) is 17.1. The van der Waals surface area contributed by atoms with Crippen LogP contribution in [0.1, 0.15) is 35.5 Å². The lowest BCUT2D eigenvalue weighted by molar-refractivity contribution is 0.101. The van der Waals surface area contributed by atoms with Crippen molar-refractivity contribution < 1.29 is 4.79 Å². The predicted octanol–water partition coefficient (Wildman–Crippen LogP) is 6.74. The van der Waals surface area contributed by atoms with Crippen LogP contribution in [0.2, 0.25) is 15.1 Å². The van der Waals surface area contributed by atoms with Crippen molar-refractivity contribution in [2.75, 3.05) is 5.32 Å². The first-order valence-electron chi connectivity index (χ1n) is 8.45. The van der Waals surface area contributed by atoms with Crippen LogP contribution in [-0.4, -0.2) is 10.5 Å². The zero-order valence-electron chi connectivity index (χ0n) is 14.8. The number of anilines is 1. The molecule has 0 saturated carbocycles. The molecule has 1 amide bonds. The van der Waals surface area contributed by atoms with Gasteiger partial charge in [-0.15, -0.1) is 0 Å². The molecule has 1 aromatic heterocycles. The minimum absolute atomic E-state index is 0.246. The molecule has 3 nitrogen and oxygen atoms in total. The van der Waals surface area contributed by atoms with E-state index in [9.17, 15) is 4.79 Å². The molecule has 1 heterocycles. The van der Waals surface area contributed by atoms with Crippen LogP contribution in [0.15, 0.2) is 30.3 Å². The van der Waals surface area contributed by atoms with Crippen LogP contribution in [0.4, 0.5) is 5.69 Å². The maximum atomic E-state index is 13.0. The smallest absolute Gasteiger partial charge is 0.272 e. The summed E-state index contributed by atoms with van der Waals surface area (Å²) in [6.07, 6.45) is 0.949. The third-order valence-corrected chi connectivity index (χ3v) is 5.38. The quantitative estimate of drug-likeness (QED) is 0.508. The highest BCUT2D eigenvalue weighted by Gasteiger charge is 2.21. The van der Waals surface area contributed by atoms with E-state index < -0.39 is 0 Å². The SMILES string of the molecule is CCc1ccc2c(c1)c(C)c(C(=O)Nc1c(Cl)cc(Cl)cc1Cl)n2CC. The Morgan fingerprint density at radius 3 is 2.31 bits per heavy atom. The summed E-state index contributed by atoms with van der Waals surface area (Å²) >= 11 is 18.4. The normalized spacial score (nSPS) is 11.2. The maximum Gasteiger partial charge on any atom is 0.272 e. The molecule has 26 heavy (non-hydrogen) atoms. The van der Waals surface area contributed by atoms with Gasteiger partial charge in [0.25, 0.3) is 5.91 Å². The van der Waals surface area contributed by atoms with E-state index in [1.807, 2.05) is 18.4 Å². The first-order valence-corrected chi connectivity index (χ1v) is 9.58. The first kappa shape index (κ1) is 19.1. The molecular formula is C20H19Cl3N2O. The largest absolute Gasteiger partial charge is 0.337 e. The summed E-state index contributed by atoms with van der Waals surface area (Å²) in [6, 6.07) is 9.43. The van der Waals surface area contributed by atoms with Gasteiger partial charge in [-0.2, -0.15) is 0 Å². The molecule has 0 saturated heterocycles. The first-order chi connectivity index (χ1) is 12.4. The number of aryl methyl sites for hydroxylation is 3. The highest BCUT2D eigenvalue weighted by molar-refractivity contribution is 6.42. The van der Waals surface area contributed by atoms with Gasteiger partial charge >= 0.3 is 0 Å². The molecule has 0 aliphatic rings. The Hall–Kier alpha value is -1.68. The average Bonchev–Trinajstić information content (AvgIpc) is 2.89. The number of benzene rings is 2. The van der Waals surface area contributed by atoms with Gasteiger partial charge in [0.15, 0.2) is 0 Å². The van der Waals surface area contributed by atoms with Crippen LogP contribution in [0.5, 0.6) is 0 Å². The van der Waals surface area contributed by atoms with E-state index in [-0.39, 0.29) is 5.91 Å². The van der Waals surface area contributed by atoms with Crippen LogP contribution in [0.3, 0.4) is 0 Å². The Bertz CT molecular complexity index is 985. The minimum Gasteiger partial charge on any atom is -0.337 e.